The van der Waals surface area contributed by atoms with Crippen molar-refractivity contribution >= 4 is 35.7 Å². The van der Waals surface area contributed by atoms with Crippen molar-refractivity contribution in [2.24, 2.45) is 0 Å². The minimum absolute atomic E-state index is 0. The molecule has 22 heavy (non-hydrogen) atoms. The number of para-hydroxylation sites is 1. The van der Waals surface area contributed by atoms with Crippen LogP contribution in [0.1, 0.15) is 20.7 Å². The fourth-order valence-electron chi connectivity index (χ4n) is 1.75. The number of nitrogens with zero attached hydrogens (tertiary/aromatic N) is 1. The molecule has 2 aromatic carbocycles. The van der Waals surface area contributed by atoms with Gasteiger partial charge in [-0.3, -0.25) is 14.9 Å². The standard InChI is InChI=1S/C14H10N2O5.ClH/c17-13(11-6-1-2-7-12(11)16(20)21)15-10-5-3-4-9(8-10)14(18)19;/h1-8H,(H,15,17)(H,18,19);1H. The first-order chi connectivity index (χ1) is 9.99. The van der Waals surface area contributed by atoms with Gasteiger partial charge in [0.05, 0.1) is 10.5 Å². The molecule has 0 saturated heterocycles. The molecule has 0 atom stereocenters. The van der Waals surface area contributed by atoms with Gasteiger partial charge in [-0.15, -0.1) is 12.4 Å². The average molecular weight is 323 g/mol. The second kappa shape index (κ2) is 7.19. The van der Waals surface area contributed by atoms with Crippen molar-refractivity contribution in [2.45, 2.75) is 0 Å². The summed E-state index contributed by atoms with van der Waals surface area (Å²) < 4.78 is 0. The van der Waals surface area contributed by atoms with Crippen molar-refractivity contribution in [3.63, 3.8) is 0 Å². The Morgan fingerprint density at radius 2 is 1.77 bits per heavy atom. The predicted octanol–water partition coefficient (Wildman–Crippen LogP) is 2.97. The number of carboxylic acid groups (broad SMARTS) is 1. The van der Waals surface area contributed by atoms with E-state index < -0.39 is 16.8 Å². The highest BCUT2D eigenvalue weighted by atomic mass is 35.5. The lowest BCUT2D eigenvalue weighted by molar-refractivity contribution is -0.385. The van der Waals surface area contributed by atoms with Crippen LogP contribution in [0.4, 0.5) is 11.4 Å². The molecule has 0 heterocycles. The van der Waals surface area contributed by atoms with Gasteiger partial charge in [0.2, 0.25) is 0 Å². The van der Waals surface area contributed by atoms with Gasteiger partial charge in [0.15, 0.2) is 0 Å². The molecule has 114 valence electrons. The molecule has 1 amide bonds. The Bertz CT molecular complexity index is 733. The number of carboxylic acids is 1. The normalized spacial score (nSPS) is 9.45. The van der Waals surface area contributed by atoms with E-state index in [0.29, 0.717) is 0 Å². The largest absolute Gasteiger partial charge is 0.478 e. The van der Waals surface area contributed by atoms with Crippen LogP contribution in [0, 0.1) is 10.1 Å². The first-order valence-corrected chi connectivity index (χ1v) is 5.87. The fraction of sp³-hybridized carbons (Fsp3) is 0. The van der Waals surface area contributed by atoms with Gasteiger partial charge >= 0.3 is 5.97 Å². The highest BCUT2D eigenvalue weighted by Crippen LogP contribution is 2.19. The third-order valence-electron chi connectivity index (χ3n) is 2.71. The number of hydrogen-bond acceptors (Lipinski definition) is 4. The number of halogens is 1. The molecule has 0 aliphatic rings. The summed E-state index contributed by atoms with van der Waals surface area (Å²) in [6.07, 6.45) is 0. The first-order valence-electron chi connectivity index (χ1n) is 5.87. The highest BCUT2D eigenvalue weighted by Gasteiger charge is 2.19. The summed E-state index contributed by atoms with van der Waals surface area (Å²) >= 11 is 0. The third-order valence-corrected chi connectivity index (χ3v) is 2.71. The number of benzene rings is 2. The Balaban J connectivity index is 0.00000242. The van der Waals surface area contributed by atoms with Crippen molar-refractivity contribution in [1.29, 1.82) is 0 Å². The van der Waals surface area contributed by atoms with Gasteiger partial charge in [-0.1, -0.05) is 18.2 Å². The summed E-state index contributed by atoms with van der Waals surface area (Å²) in [6, 6.07) is 11.1. The number of carbonyl (C=O) groups excluding carboxylic acids is 1. The molecule has 0 aliphatic heterocycles. The summed E-state index contributed by atoms with van der Waals surface area (Å²) in [5.74, 6) is -1.80. The molecule has 2 rings (SSSR count). The SMILES string of the molecule is Cl.O=C(O)c1cccc(NC(=O)c2ccccc2[N+](=O)[O-])c1. The third kappa shape index (κ3) is 3.80. The molecule has 7 nitrogen and oxygen atoms in total. The van der Waals surface area contributed by atoms with Crippen molar-refractivity contribution in [1.82, 2.24) is 0 Å². The number of hydrogen-bond donors (Lipinski definition) is 2. The Hall–Kier alpha value is -2.93. The van der Waals surface area contributed by atoms with Gasteiger partial charge in [-0.05, 0) is 24.3 Å². The number of anilines is 1. The van der Waals surface area contributed by atoms with Crippen molar-refractivity contribution in [3.8, 4) is 0 Å². The fourth-order valence-corrected chi connectivity index (χ4v) is 1.75. The lowest BCUT2D eigenvalue weighted by Crippen LogP contribution is -2.14. The minimum Gasteiger partial charge on any atom is -0.478 e. The van der Waals surface area contributed by atoms with E-state index in [9.17, 15) is 19.7 Å². The summed E-state index contributed by atoms with van der Waals surface area (Å²) in [5.41, 5.74) is -0.152. The van der Waals surface area contributed by atoms with E-state index in [2.05, 4.69) is 5.32 Å². The Morgan fingerprint density at radius 1 is 1.09 bits per heavy atom. The summed E-state index contributed by atoms with van der Waals surface area (Å²) in [7, 11) is 0. The Morgan fingerprint density at radius 3 is 2.41 bits per heavy atom. The zero-order chi connectivity index (χ0) is 15.4. The molecular formula is C14H11ClN2O5. The van der Waals surface area contributed by atoms with Gasteiger partial charge in [0, 0.05) is 11.8 Å². The van der Waals surface area contributed by atoms with Crippen LogP contribution in [0.3, 0.4) is 0 Å². The Kier molecular flexibility index (Phi) is 5.59. The number of nitro groups is 1. The number of nitrogens with one attached hydrogen (secondary N) is 1. The molecule has 0 bridgehead atoms. The maximum atomic E-state index is 12.1. The number of rotatable bonds is 4. The van der Waals surface area contributed by atoms with Crippen molar-refractivity contribution in [2.75, 3.05) is 5.32 Å². The predicted molar refractivity (Wildman–Crippen MR) is 81.7 cm³/mol. The van der Waals surface area contributed by atoms with E-state index in [0.717, 1.165) is 0 Å². The lowest BCUT2D eigenvalue weighted by Gasteiger charge is -2.06. The smallest absolute Gasteiger partial charge is 0.335 e. The second-order valence-electron chi connectivity index (χ2n) is 4.11. The van der Waals surface area contributed by atoms with Crippen LogP contribution in [-0.2, 0) is 0 Å². The zero-order valence-corrected chi connectivity index (χ0v) is 11.9. The van der Waals surface area contributed by atoms with E-state index in [-0.39, 0.29) is 34.9 Å². The van der Waals surface area contributed by atoms with Crippen LogP contribution >= 0.6 is 12.4 Å². The van der Waals surface area contributed by atoms with Gasteiger partial charge in [-0.2, -0.15) is 0 Å². The molecule has 0 saturated carbocycles. The van der Waals surface area contributed by atoms with E-state index >= 15 is 0 Å². The molecule has 0 fully saturated rings. The van der Waals surface area contributed by atoms with Crippen molar-refractivity contribution in [3.05, 3.63) is 69.8 Å². The number of aromatic carboxylic acids is 1. The van der Waals surface area contributed by atoms with Gasteiger partial charge < -0.3 is 10.4 Å². The average Bonchev–Trinajstić information content (AvgIpc) is 2.47. The monoisotopic (exact) mass is 322 g/mol. The maximum absolute atomic E-state index is 12.1. The van der Waals surface area contributed by atoms with Crippen LogP contribution in [-0.4, -0.2) is 21.9 Å². The van der Waals surface area contributed by atoms with Crippen LogP contribution in [0.5, 0.6) is 0 Å². The summed E-state index contributed by atoms with van der Waals surface area (Å²) in [6.45, 7) is 0. The summed E-state index contributed by atoms with van der Waals surface area (Å²) in [5, 5.41) is 22.2. The van der Waals surface area contributed by atoms with Gasteiger partial charge in [0.1, 0.15) is 5.56 Å². The van der Waals surface area contributed by atoms with E-state index in [1.54, 1.807) is 0 Å². The number of carbonyl (C=O) groups is 2. The van der Waals surface area contributed by atoms with Gasteiger partial charge in [-0.25, -0.2) is 4.79 Å². The topological polar surface area (TPSA) is 110 Å². The summed E-state index contributed by atoms with van der Waals surface area (Å²) in [4.78, 5) is 33.1. The van der Waals surface area contributed by atoms with E-state index in [4.69, 9.17) is 5.11 Å². The van der Waals surface area contributed by atoms with E-state index in [1.165, 1.54) is 48.5 Å². The van der Waals surface area contributed by atoms with Crippen LogP contribution in [0.15, 0.2) is 48.5 Å². The molecule has 2 aromatic rings. The zero-order valence-electron chi connectivity index (χ0n) is 11.1. The minimum atomic E-state index is -1.13. The molecule has 0 unspecified atom stereocenters. The van der Waals surface area contributed by atoms with Crippen LogP contribution < -0.4 is 5.32 Å². The molecule has 0 aromatic heterocycles. The number of amides is 1. The quantitative estimate of drug-likeness (QED) is 0.664. The van der Waals surface area contributed by atoms with E-state index in [1.807, 2.05) is 0 Å². The van der Waals surface area contributed by atoms with Crippen LogP contribution in [0.25, 0.3) is 0 Å². The number of nitro benzene ring substituents is 1. The first kappa shape index (κ1) is 17.1. The van der Waals surface area contributed by atoms with Crippen LogP contribution in [0.2, 0.25) is 0 Å². The maximum Gasteiger partial charge on any atom is 0.335 e. The Labute approximate surface area is 131 Å². The van der Waals surface area contributed by atoms with Crippen molar-refractivity contribution < 1.29 is 19.6 Å². The lowest BCUT2D eigenvalue weighted by atomic mass is 10.1. The molecule has 0 radical (unpaired) electrons. The molecule has 8 heteroatoms. The second-order valence-corrected chi connectivity index (χ2v) is 4.11. The molecule has 0 aliphatic carbocycles. The molecule has 2 N–H and O–H groups in total. The molecule has 0 spiro atoms. The molecular weight excluding hydrogens is 312 g/mol. The van der Waals surface area contributed by atoms with Gasteiger partial charge in [0.25, 0.3) is 11.6 Å². The highest BCUT2D eigenvalue weighted by molar-refractivity contribution is 6.07.